The second kappa shape index (κ2) is 6.79. The van der Waals surface area contributed by atoms with Crippen LogP contribution in [0.4, 0.5) is 5.69 Å². The average Bonchev–Trinajstić information content (AvgIpc) is 2.68. The molecule has 0 saturated heterocycles. The van der Waals surface area contributed by atoms with Gasteiger partial charge >= 0.3 is 0 Å². The fourth-order valence-corrected chi connectivity index (χ4v) is 3.27. The lowest BCUT2D eigenvalue weighted by Gasteiger charge is -2.34. The summed E-state index contributed by atoms with van der Waals surface area (Å²) in [6, 6.07) is 24.0. The van der Waals surface area contributed by atoms with Crippen molar-refractivity contribution in [3.05, 3.63) is 94.5 Å². The molecule has 0 aliphatic carbocycles. The maximum Gasteiger partial charge on any atom is 0.155 e. The minimum absolute atomic E-state index is 0.178. The molecular formula is C21H18ClNO2. The number of halogens is 1. The highest BCUT2D eigenvalue weighted by molar-refractivity contribution is 6.30. The van der Waals surface area contributed by atoms with Crippen molar-refractivity contribution < 1.29 is 9.47 Å². The Hall–Kier alpha value is -2.49. The van der Waals surface area contributed by atoms with Crippen LogP contribution in [0.3, 0.4) is 0 Å². The van der Waals surface area contributed by atoms with Crippen molar-refractivity contribution in [2.24, 2.45) is 0 Å². The van der Waals surface area contributed by atoms with Gasteiger partial charge in [-0.1, -0.05) is 54.1 Å². The molecule has 1 aliphatic heterocycles. The lowest BCUT2D eigenvalue weighted by Crippen LogP contribution is -2.25. The van der Waals surface area contributed by atoms with Gasteiger partial charge in [-0.25, -0.2) is 0 Å². The van der Waals surface area contributed by atoms with Gasteiger partial charge < -0.3 is 14.8 Å². The largest absolute Gasteiger partial charge is 0.497 e. The zero-order valence-electron chi connectivity index (χ0n) is 13.8. The monoisotopic (exact) mass is 351 g/mol. The first kappa shape index (κ1) is 16.0. The minimum Gasteiger partial charge on any atom is -0.497 e. The van der Waals surface area contributed by atoms with Gasteiger partial charge in [-0.05, 0) is 35.9 Å². The molecule has 3 nitrogen and oxygen atoms in total. The predicted molar refractivity (Wildman–Crippen MR) is 100 cm³/mol. The van der Waals surface area contributed by atoms with Crippen molar-refractivity contribution in [3.63, 3.8) is 0 Å². The summed E-state index contributed by atoms with van der Waals surface area (Å²) >= 11 is 6.22. The molecule has 0 unspecified atom stereocenters. The number of benzene rings is 3. The van der Waals surface area contributed by atoms with E-state index in [-0.39, 0.29) is 12.3 Å². The summed E-state index contributed by atoms with van der Waals surface area (Å²) in [7, 11) is 1.66. The van der Waals surface area contributed by atoms with Gasteiger partial charge in [0.1, 0.15) is 11.9 Å². The maximum absolute atomic E-state index is 6.40. The molecule has 0 radical (unpaired) electrons. The van der Waals surface area contributed by atoms with Gasteiger partial charge in [0.25, 0.3) is 0 Å². The van der Waals surface area contributed by atoms with Gasteiger partial charge in [-0.3, -0.25) is 0 Å². The summed E-state index contributed by atoms with van der Waals surface area (Å²) < 4.78 is 11.6. The Bertz CT molecular complexity index is 865. The Balaban J connectivity index is 1.74. The van der Waals surface area contributed by atoms with Crippen molar-refractivity contribution in [2.75, 3.05) is 12.4 Å². The summed E-state index contributed by atoms with van der Waals surface area (Å²) in [5.41, 5.74) is 4.22. The van der Waals surface area contributed by atoms with Crippen LogP contribution in [0.2, 0.25) is 5.02 Å². The molecule has 3 aromatic carbocycles. The topological polar surface area (TPSA) is 30.5 Å². The Labute approximate surface area is 152 Å². The molecule has 0 spiro atoms. The normalized spacial score (nSPS) is 19.0. The second-order valence-corrected chi connectivity index (χ2v) is 6.39. The van der Waals surface area contributed by atoms with Crippen molar-refractivity contribution in [1.82, 2.24) is 0 Å². The van der Waals surface area contributed by atoms with Crippen LogP contribution in [0, 0.1) is 0 Å². The van der Waals surface area contributed by atoms with Crippen LogP contribution in [-0.2, 0) is 4.74 Å². The standard InChI is InChI=1S/C21H18ClNO2/c1-24-17-10-7-15(8-11-17)21-23-19-12-9-16(22)13-18(19)20(25-21)14-5-3-2-4-6-14/h2-13,20-21,23H,1H3/t20-,21-/m0/s1. The molecular weight excluding hydrogens is 334 g/mol. The number of anilines is 1. The summed E-state index contributed by atoms with van der Waals surface area (Å²) in [6.07, 6.45) is -0.423. The molecule has 126 valence electrons. The lowest BCUT2D eigenvalue weighted by atomic mass is 9.97. The number of hydrogen-bond donors (Lipinski definition) is 1. The van der Waals surface area contributed by atoms with E-state index in [4.69, 9.17) is 21.1 Å². The number of hydrogen-bond acceptors (Lipinski definition) is 3. The first-order valence-electron chi connectivity index (χ1n) is 8.15. The molecule has 0 fully saturated rings. The van der Waals surface area contributed by atoms with Gasteiger partial charge in [0.05, 0.1) is 7.11 Å². The first-order chi connectivity index (χ1) is 12.2. The van der Waals surface area contributed by atoms with E-state index in [1.165, 1.54) is 0 Å². The Kier molecular flexibility index (Phi) is 4.35. The third kappa shape index (κ3) is 3.21. The van der Waals surface area contributed by atoms with Gasteiger partial charge in [-0.2, -0.15) is 0 Å². The van der Waals surface area contributed by atoms with Crippen LogP contribution in [-0.4, -0.2) is 7.11 Å². The molecule has 0 bridgehead atoms. The lowest BCUT2D eigenvalue weighted by molar-refractivity contribution is 0.0157. The molecule has 2 atom stereocenters. The molecule has 0 saturated carbocycles. The fourth-order valence-electron chi connectivity index (χ4n) is 3.09. The van der Waals surface area contributed by atoms with Gasteiger partial charge in [0.15, 0.2) is 6.23 Å². The fraction of sp³-hybridized carbons (Fsp3) is 0.143. The SMILES string of the molecule is COc1ccc([C@H]2Nc3ccc(Cl)cc3[C@H](c3ccccc3)O2)cc1. The van der Waals surface area contributed by atoms with Crippen LogP contribution < -0.4 is 10.1 Å². The van der Waals surface area contributed by atoms with Crippen LogP contribution >= 0.6 is 11.6 Å². The van der Waals surface area contributed by atoms with Crippen LogP contribution in [0.15, 0.2) is 72.8 Å². The minimum atomic E-state index is -0.246. The Morgan fingerprint density at radius 2 is 1.68 bits per heavy atom. The molecule has 25 heavy (non-hydrogen) atoms. The molecule has 0 amide bonds. The van der Waals surface area contributed by atoms with E-state index in [0.29, 0.717) is 5.02 Å². The summed E-state index contributed by atoms with van der Waals surface area (Å²) in [5, 5.41) is 4.16. The second-order valence-electron chi connectivity index (χ2n) is 5.96. The third-order valence-electron chi connectivity index (χ3n) is 4.38. The molecule has 1 N–H and O–H groups in total. The van der Waals surface area contributed by atoms with E-state index in [1.807, 2.05) is 60.7 Å². The van der Waals surface area contributed by atoms with Crippen LogP contribution in [0.25, 0.3) is 0 Å². The highest BCUT2D eigenvalue weighted by Crippen LogP contribution is 2.42. The number of ether oxygens (including phenoxy) is 2. The van der Waals surface area contributed by atoms with Crippen LogP contribution in [0.1, 0.15) is 29.0 Å². The van der Waals surface area contributed by atoms with Crippen LogP contribution in [0.5, 0.6) is 5.75 Å². The Morgan fingerprint density at radius 3 is 2.40 bits per heavy atom. The summed E-state index contributed by atoms with van der Waals surface area (Å²) in [5.74, 6) is 0.825. The van der Waals surface area contributed by atoms with E-state index >= 15 is 0 Å². The van der Waals surface area contributed by atoms with Gasteiger partial charge in [0.2, 0.25) is 0 Å². The van der Waals surface area contributed by atoms with Crippen molar-refractivity contribution in [2.45, 2.75) is 12.3 Å². The predicted octanol–water partition coefficient (Wildman–Crippen LogP) is 5.58. The summed E-state index contributed by atoms with van der Waals surface area (Å²) in [6.45, 7) is 0. The number of rotatable bonds is 3. The number of nitrogens with one attached hydrogen (secondary N) is 1. The van der Waals surface area contributed by atoms with Crippen molar-refractivity contribution in [3.8, 4) is 5.75 Å². The van der Waals surface area contributed by atoms with Crippen molar-refractivity contribution >= 4 is 17.3 Å². The summed E-state index contributed by atoms with van der Waals surface area (Å²) in [4.78, 5) is 0. The zero-order chi connectivity index (χ0) is 17.2. The molecule has 3 aromatic rings. The third-order valence-corrected chi connectivity index (χ3v) is 4.61. The smallest absolute Gasteiger partial charge is 0.155 e. The van der Waals surface area contributed by atoms with E-state index < -0.39 is 0 Å². The highest BCUT2D eigenvalue weighted by atomic mass is 35.5. The molecule has 1 aliphatic rings. The molecule has 1 heterocycles. The van der Waals surface area contributed by atoms with Gasteiger partial charge in [0, 0.05) is 21.8 Å². The van der Waals surface area contributed by atoms with E-state index in [9.17, 15) is 0 Å². The van der Waals surface area contributed by atoms with E-state index in [1.54, 1.807) is 7.11 Å². The number of methoxy groups -OCH3 is 1. The van der Waals surface area contributed by atoms with E-state index in [0.717, 1.165) is 28.1 Å². The maximum atomic E-state index is 6.40. The zero-order valence-corrected chi connectivity index (χ0v) is 14.5. The molecule has 0 aromatic heterocycles. The Morgan fingerprint density at radius 1 is 0.920 bits per heavy atom. The van der Waals surface area contributed by atoms with E-state index in [2.05, 4.69) is 17.4 Å². The number of fused-ring (bicyclic) bond motifs is 1. The average molecular weight is 352 g/mol. The quantitative estimate of drug-likeness (QED) is 0.668. The van der Waals surface area contributed by atoms with Crippen molar-refractivity contribution in [1.29, 1.82) is 0 Å². The first-order valence-corrected chi connectivity index (χ1v) is 8.53. The molecule has 4 rings (SSSR count). The van der Waals surface area contributed by atoms with Gasteiger partial charge in [-0.15, -0.1) is 0 Å². The molecule has 4 heteroatoms. The highest BCUT2D eigenvalue weighted by Gasteiger charge is 2.29.